The molecule has 0 aliphatic rings. The molecule has 2 heterocycles. The van der Waals surface area contributed by atoms with Crippen LogP contribution in [0.5, 0.6) is 0 Å². The fraction of sp³-hybridized carbons (Fsp3) is 0.500. The van der Waals surface area contributed by atoms with Gasteiger partial charge in [-0.15, -0.1) is 11.3 Å². The predicted octanol–water partition coefficient (Wildman–Crippen LogP) is 1.73. The molecule has 16 heavy (non-hydrogen) atoms. The van der Waals surface area contributed by atoms with Gasteiger partial charge in [-0.2, -0.15) is 5.10 Å². The molecule has 0 amide bonds. The quantitative estimate of drug-likeness (QED) is 0.850. The van der Waals surface area contributed by atoms with Crippen molar-refractivity contribution in [2.24, 2.45) is 0 Å². The SMILES string of the molecule is Cc1nc(C(C)NCc2ncn[nH]2)c(C)s1. The fourth-order valence-electron chi connectivity index (χ4n) is 1.61. The Kier molecular flexibility index (Phi) is 3.31. The number of thiazole rings is 1. The minimum Gasteiger partial charge on any atom is -0.302 e. The van der Waals surface area contributed by atoms with Crippen molar-refractivity contribution in [2.45, 2.75) is 33.4 Å². The van der Waals surface area contributed by atoms with Gasteiger partial charge in [0.2, 0.25) is 0 Å². The number of rotatable bonds is 4. The first-order chi connectivity index (χ1) is 7.66. The summed E-state index contributed by atoms with van der Waals surface area (Å²) in [6, 6.07) is 0.232. The maximum absolute atomic E-state index is 4.52. The Bertz CT molecular complexity index is 448. The molecule has 6 heteroatoms. The zero-order valence-electron chi connectivity index (χ0n) is 9.61. The summed E-state index contributed by atoms with van der Waals surface area (Å²) >= 11 is 1.73. The lowest BCUT2D eigenvalue weighted by molar-refractivity contribution is 0.548. The Morgan fingerprint density at radius 3 is 2.88 bits per heavy atom. The van der Waals surface area contributed by atoms with Crippen molar-refractivity contribution < 1.29 is 0 Å². The van der Waals surface area contributed by atoms with Gasteiger partial charge in [-0.1, -0.05) is 0 Å². The summed E-state index contributed by atoms with van der Waals surface area (Å²) in [5.74, 6) is 0.844. The van der Waals surface area contributed by atoms with Crippen molar-refractivity contribution in [3.8, 4) is 0 Å². The van der Waals surface area contributed by atoms with Gasteiger partial charge in [0.1, 0.15) is 12.2 Å². The van der Waals surface area contributed by atoms with Gasteiger partial charge in [-0.25, -0.2) is 9.97 Å². The summed E-state index contributed by atoms with van der Waals surface area (Å²) in [4.78, 5) is 9.86. The Labute approximate surface area is 98.3 Å². The second-order valence-corrected chi connectivity index (χ2v) is 5.12. The molecule has 0 fully saturated rings. The molecule has 0 aliphatic carbocycles. The minimum absolute atomic E-state index is 0.232. The third-order valence-corrected chi connectivity index (χ3v) is 3.29. The van der Waals surface area contributed by atoms with E-state index >= 15 is 0 Å². The van der Waals surface area contributed by atoms with E-state index in [2.05, 4.69) is 39.3 Å². The number of nitrogens with zero attached hydrogens (tertiary/aromatic N) is 3. The minimum atomic E-state index is 0.232. The smallest absolute Gasteiger partial charge is 0.138 e. The lowest BCUT2D eigenvalue weighted by Crippen LogP contribution is -2.19. The van der Waals surface area contributed by atoms with Crippen LogP contribution in [0, 0.1) is 13.8 Å². The second-order valence-electron chi connectivity index (χ2n) is 3.71. The summed E-state index contributed by atoms with van der Waals surface area (Å²) in [6.07, 6.45) is 1.51. The van der Waals surface area contributed by atoms with Crippen LogP contribution in [0.25, 0.3) is 0 Å². The molecule has 1 unspecified atom stereocenters. The van der Waals surface area contributed by atoms with Gasteiger partial charge in [-0.3, -0.25) is 5.10 Å². The molecule has 1 atom stereocenters. The molecule has 0 aromatic carbocycles. The molecule has 2 N–H and O–H groups in total. The van der Waals surface area contributed by atoms with Crippen molar-refractivity contribution in [2.75, 3.05) is 0 Å². The Morgan fingerprint density at radius 2 is 2.31 bits per heavy atom. The maximum Gasteiger partial charge on any atom is 0.138 e. The highest BCUT2D eigenvalue weighted by atomic mass is 32.1. The summed E-state index contributed by atoms with van der Waals surface area (Å²) in [5, 5.41) is 11.1. The molecular formula is C10H15N5S. The zero-order valence-corrected chi connectivity index (χ0v) is 10.4. The van der Waals surface area contributed by atoms with Crippen molar-refractivity contribution >= 4 is 11.3 Å². The van der Waals surface area contributed by atoms with Crippen molar-refractivity contribution in [3.05, 3.63) is 27.7 Å². The van der Waals surface area contributed by atoms with Crippen LogP contribution in [0.15, 0.2) is 6.33 Å². The standard InChI is InChI=1S/C10H15N5S/c1-6(10-7(2)16-8(3)14-10)11-4-9-12-5-13-15-9/h5-6,11H,4H2,1-3H3,(H,12,13,15). The maximum atomic E-state index is 4.52. The van der Waals surface area contributed by atoms with Crippen molar-refractivity contribution in [1.82, 2.24) is 25.5 Å². The van der Waals surface area contributed by atoms with Gasteiger partial charge in [0.15, 0.2) is 0 Å². The van der Waals surface area contributed by atoms with E-state index in [4.69, 9.17) is 0 Å². The zero-order chi connectivity index (χ0) is 11.5. The number of nitrogens with one attached hydrogen (secondary N) is 2. The lowest BCUT2D eigenvalue weighted by Gasteiger charge is -2.10. The summed E-state index contributed by atoms with van der Waals surface area (Å²) < 4.78 is 0. The Morgan fingerprint density at radius 1 is 1.50 bits per heavy atom. The molecule has 0 bridgehead atoms. The molecular weight excluding hydrogens is 222 g/mol. The van der Waals surface area contributed by atoms with E-state index in [9.17, 15) is 0 Å². The number of aryl methyl sites for hydroxylation is 2. The summed E-state index contributed by atoms with van der Waals surface area (Å²) in [7, 11) is 0. The molecule has 0 saturated carbocycles. The van der Waals surface area contributed by atoms with Crippen LogP contribution in [0.4, 0.5) is 0 Å². The van der Waals surface area contributed by atoms with E-state index in [0.29, 0.717) is 6.54 Å². The Hall–Kier alpha value is -1.27. The third kappa shape index (κ3) is 2.45. The molecule has 2 aromatic heterocycles. The van der Waals surface area contributed by atoms with Crippen LogP contribution in [0.3, 0.4) is 0 Å². The van der Waals surface area contributed by atoms with Crippen LogP contribution in [0.2, 0.25) is 0 Å². The third-order valence-electron chi connectivity index (χ3n) is 2.39. The van der Waals surface area contributed by atoms with Gasteiger partial charge in [0.25, 0.3) is 0 Å². The highest BCUT2D eigenvalue weighted by Crippen LogP contribution is 2.22. The van der Waals surface area contributed by atoms with Gasteiger partial charge >= 0.3 is 0 Å². The largest absolute Gasteiger partial charge is 0.302 e. The number of hydrogen-bond donors (Lipinski definition) is 2. The van der Waals surface area contributed by atoms with E-state index in [1.165, 1.54) is 11.2 Å². The van der Waals surface area contributed by atoms with E-state index in [1.807, 2.05) is 6.92 Å². The molecule has 0 radical (unpaired) electrons. The average Bonchev–Trinajstić information content (AvgIpc) is 2.84. The molecule has 0 spiro atoms. The predicted molar refractivity (Wildman–Crippen MR) is 63.2 cm³/mol. The fourth-order valence-corrected chi connectivity index (χ4v) is 2.52. The van der Waals surface area contributed by atoms with E-state index in [-0.39, 0.29) is 6.04 Å². The molecule has 2 aromatic rings. The lowest BCUT2D eigenvalue weighted by atomic mass is 10.2. The number of aromatic nitrogens is 4. The van der Waals surface area contributed by atoms with Gasteiger partial charge < -0.3 is 5.32 Å². The van der Waals surface area contributed by atoms with Crippen molar-refractivity contribution in [1.29, 1.82) is 0 Å². The summed E-state index contributed by atoms with van der Waals surface area (Å²) in [5.41, 5.74) is 1.13. The first-order valence-electron chi connectivity index (χ1n) is 5.18. The molecule has 2 rings (SSSR count). The first-order valence-corrected chi connectivity index (χ1v) is 6.00. The Balaban J connectivity index is 1.98. The molecule has 0 saturated heterocycles. The van der Waals surface area contributed by atoms with Crippen LogP contribution in [-0.2, 0) is 6.54 Å². The van der Waals surface area contributed by atoms with E-state index < -0.39 is 0 Å². The van der Waals surface area contributed by atoms with E-state index in [0.717, 1.165) is 16.5 Å². The van der Waals surface area contributed by atoms with Crippen LogP contribution < -0.4 is 5.32 Å². The highest BCUT2D eigenvalue weighted by molar-refractivity contribution is 7.11. The summed E-state index contributed by atoms with van der Waals surface area (Å²) in [6.45, 7) is 6.92. The van der Waals surface area contributed by atoms with Crippen molar-refractivity contribution in [3.63, 3.8) is 0 Å². The van der Waals surface area contributed by atoms with Gasteiger partial charge in [-0.05, 0) is 20.8 Å². The molecule has 0 aliphatic heterocycles. The first kappa shape index (κ1) is 11.2. The number of hydrogen-bond acceptors (Lipinski definition) is 5. The highest BCUT2D eigenvalue weighted by Gasteiger charge is 2.12. The van der Waals surface area contributed by atoms with Crippen LogP contribution in [-0.4, -0.2) is 20.2 Å². The monoisotopic (exact) mass is 237 g/mol. The normalized spacial score (nSPS) is 12.9. The number of H-pyrrole nitrogens is 1. The molecule has 86 valence electrons. The number of aromatic amines is 1. The van der Waals surface area contributed by atoms with Gasteiger partial charge in [0.05, 0.1) is 17.2 Å². The average molecular weight is 237 g/mol. The van der Waals surface area contributed by atoms with Crippen LogP contribution in [0.1, 0.15) is 34.4 Å². The van der Waals surface area contributed by atoms with Crippen LogP contribution >= 0.6 is 11.3 Å². The molecule has 5 nitrogen and oxygen atoms in total. The van der Waals surface area contributed by atoms with Gasteiger partial charge in [0, 0.05) is 10.9 Å². The second kappa shape index (κ2) is 4.71. The van der Waals surface area contributed by atoms with E-state index in [1.54, 1.807) is 11.3 Å². The topological polar surface area (TPSA) is 66.5 Å².